The van der Waals surface area contributed by atoms with E-state index in [1.165, 1.54) is 0 Å². The molecular weight excluding hydrogens is 120 g/mol. The molecule has 0 aromatic rings. The predicted molar refractivity (Wildman–Crippen MR) is 36.1 cm³/mol. The van der Waals surface area contributed by atoms with Crippen molar-refractivity contribution < 1.29 is 4.79 Å². The quantitative estimate of drug-likeness (QED) is 0.460. The normalized spacial score (nSPS) is 21.5. The van der Waals surface area contributed by atoms with E-state index in [0.29, 0.717) is 18.6 Å². The van der Waals surface area contributed by atoms with Crippen molar-refractivity contribution in [2.24, 2.45) is 0 Å². The number of carbonyl (C=O) groups excluding carboxylic acids is 1. The zero-order valence-electron chi connectivity index (χ0n) is 4.64. The Morgan fingerprint density at radius 2 is 1.62 bits per heavy atom. The molecule has 0 atom stereocenters. The van der Waals surface area contributed by atoms with Crippen molar-refractivity contribution in [1.29, 1.82) is 0 Å². The summed E-state index contributed by atoms with van der Waals surface area (Å²) in [5, 5.41) is 0. The first-order valence-corrected chi connectivity index (χ1v) is 3.23. The van der Waals surface area contributed by atoms with Crippen LogP contribution in [0.25, 0.3) is 0 Å². The Labute approximate surface area is 54.1 Å². The highest BCUT2D eigenvalue weighted by Crippen LogP contribution is 2.10. The van der Waals surface area contributed by atoms with Crippen molar-refractivity contribution in [3.63, 3.8) is 0 Å². The van der Waals surface area contributed by atoms with Gasteiger partial charge in [0.05, 0.1) is 0 Å². The van der Waals surface area contributed by atoms with Gasteiger partial charge in [0.15, 0.2) is 0 Å². The van der Waals surface area contributed by atoms with Crippen molar-refractivity contribution in [3.8, 4) is 0 Å². The summed E-state index contributed by atoms with van der Waals surface area (Å²) in [6, 6.07) is 0. The third kappa shape index (κ3) is 1.37. The van der Waals surface area contributed by atoms with E-state index in [1.54, 1.807) is 0 Å². The van der Waals surface area contributed by atoms with Gasteiger partial charge < -0.3 is 0 Å². The monoisotopic (exact) mass is 128 g/mol. The lowest BCUT2D eigenvalue weighted by Gasteiger charge is -2.07. The Bertz CT molecular complexity index is 100. The topological polar surface area (TPSA) is 17.1 Å². The van der Waals surface area contributed by atoms with Gasteiger partial charge in [-0.25, -0.2) is 0 Å². The summed E-state index contributed by atoms with van der Waals surface area (Å²) in [7, 11) is 0. The summed E-state index contributed by atoms with van der Waals surface area (Å²) < 4.78 is 0. The summed E-state index contributed by atoms with van der Waals surface area (Å²) >= 11 is 4.91. The van der Waals surface area contributed by atoms with E-state index in [2.05, 4.69) is 0 Å². The fourth-order valence-electron chi connectivity index (χ4n) is 0.808. The third-order valence-corrected chi connectivity index (χ3v) is 1.77. The Balaban J connectivity index is 2.40. The molecule has 1 nitrogen and oxygen atoms in total. The van der Waals surface area contributed by atoms with Crippen LogP contribution < -0.4 is 0 Å². The molecule has 1 rings (SSSR count). The summed E-state index contributed by atoms with van der Waals surface area (Å²) in [5.41, 5.74) is 0. The molecule has 0 bridgehead atoms. The van der Waals surface area contributed by atoms with Crippen LogP contribution in [0.5, 0.6) is 0 Å². The molecule has 1 aliphatic rings. The average molecular weight is 128 g/mol. The van der Waals surface area contributed by atoms with E-state index in [4.69, 9.17) is 12.2 Å². The van der Waals surface area contributed by atoms with Crippen molar-refractivity contribution in [1.82, 2.24) is 0 Å². The Morgan fingerprint density at radius 1 is 1.12 bits per heavy atom. The third-order valence-electron chi connectivity index (χ3n) is 1.37. The minimum Gasteiger partial charge on any atom is -0.300 e. The number of ketones is 1. The molecule has 0 heterocycles. The highest BCUT2D eigenvalue weighted by Gasteiger charge is 2.10. The first-order valence-electron chi connectivity index (χ1n) is 2.82. The summed E-state index contributed by atoms with van der Waals surface area (Å²) in [6.07, 6.45) is 3.10. The average Bonchev–Trinajstić information content (AvgIpc) is 1.77. The fraction of sp³-hybridized carbons (Fsp3) is 0.667. The molecule has 0 amide bonds. The van der Waals surface area contributed by atoms with E-state index in [9.17, 15) is 4.79 Å². The minimum absolute atomic E-state index is 0.374. The van der Waals surface area contributed by atoms with Crippen LogP contribution in [0, 0.1) is 0 Å². The van der Waals surface area contributed by atoms with Gasteiger partial charge >= 0.3 is 0 Å². The standard InChI is InChI=1S/C6H8OS/c7-5-1-3-6(8)4-2-5/h1-4H2. The molecule has 44 valence electrons. The van der Waals surface area contributed by atoms with Crippen molar-refractivity contribution in [2.75, 3.05) is 0 Å². The number of hydrogen-bond donors (Lipinski definition) is 0. The second-order valence-corrected chi connectivity index (χ2v) is 2.65. The van der Waals surface area contributed by atoms with Gasteiger partial charge in [0, 0.05) is 12.8 Å². The van der Waals surface area contributed by atoms with Crippen molar-refractivity contribution in [2.45, 2.75) is 25.7 Å². The van der Waals surface area contributed by atoms with Crippen LogP contribution >= 0.6 is 12.2 Å². The second-order valence-electron chi connectivity index (χ2n) is 2.08. The van der Waals surface area contributed by atoms with E-state index in [0.717, 1.165) is 17.7 Å². The van der Waals surface area contributed by atoms with Crippen LogP contribution in [0.4, 0.5) is 0 Å². The van der Waals surface area contributed by atoms with Gasteiger partial charge in [0.25, 0.3) is 0 Å². The number of thiocarbonyl (C=S) groups is 1. The highest BCUT2D eigenvalue weighted by molar-refractivity contribution is 7.80. The molecule has 1 fully saturated rings. The Morgan fingerprint density at radius 3 is 2.00 bits per heavy atom. The van der Waals surface area contributed by atoms with Gasteiger partial charge in [-0.3, -0.25) is 4.79 Å². The molecule has 1 saturated carbocycles. The van der Waals surface area contributed by atoms with Gasteiger partial charge in [0.2, 0.25) is 0 Å². The molecule has 0 aromatic heterocycles. The molecule has 1 aliphatic carbocycles. The second kappa shape index (κ2) is 2.35. The molecule has 0 radical (unpaired) electrons. The van der Waals surface area contributed by atoms with Crippen LogP contribution in [-0.4, -0.2) is 10.6 Å². The van der Waals surface area contributed by atoms with Gasteiger partial charge in [0.1, 0.15) is 5.78 Å². The van der Waals surface area contributed by atoms with Crippen molar-refractivity contribution in [3.05, 3.63) is 0 Å². The van der Waals surface area contributed by atoms with Crippen LogP contribution in [-0.2, 0) is 4.79 Å². The van der Waals surface area contributed by atoms with Crippen LogP contribution in [0.1, 0.15) is 25.7 Å². The molecule has 0 unspecified atom stereocenters. The van der Waals surface area contributed by atoms with Gasteiger partial charge in [-0.15, -0.1) is 0 Å². The SMILES string of the molecule is O=C1CCC(=S)CC1. The lowest BCUT2D eigenvalue weighted by molar-refractivity contribution is -0.119. The summed E-state index contributed by atoms with van der Waals surface area (Å²) in [5.74, 6) is 0.374. The lowest BCUT2D eigenvalue weighted by Crippen LogP contribution is -2.10. The summed E-state index contributed by atoms with van der Waals surface area (Å²) in [4.78, 5) is 11.6. The first kappa shape index (κ1) is 5.89. The van der Waals surface area contributed by atoms with E-state index in [-0.39, 0.29) is 0 Å². The van der Waals surface area contributed by atoms with Gasteiger partial charge in [-0.1, -0.05) is 12.2 Å². The maximum absolute atomic E-state index is 10.5. The molecule has 0 spiro atoms. The van der Waals surface area contributed by atoms with E-state index >= 15 is 0 Å². The zero-order chi connectivity index (χ0) is 5.98. The number of hydrogen-bond acceptors (Lipinski definition) is 2. The Hall–Kier alpha value is -0.240. The van der Waals surface area contributed by atoms with Crippen molar-refractivity contribution >= 4 is 22.9 Å². The molecule has 2 heteroatoms. The van der Waals surface area contributed by atoms with Crippen LogP contribution in [0.15, 0.2) is 0 Å². The number of carbonyl (C=O) groups is 1. The molecular formula is C6H8OS. The number of Topliss-reactive ketones (excluding diaryl/α,β-unsaturated/α-hetero) is 1. The van der Waals surface area contributed by atoms with Gasteiger partial charge in [-0.05, 0) is 17.7 Å². The smallest absolute Gasteiger partial charge is 0.133 e. The van der Waals surface area contributed by atoms with E-state index in [1.807, 2.05) is 0 Å². The molecule has 0 saturated heterocycles. The van der Waals surface area contributed by atoms with E-state index < -0.39 is 0 Å². The van der Waals surface area contributed by atoms with Gasteiger partial charge in [-0.2, -0.15) is 0 Å². The van der Waals surface area contributed by atoms with Crippen LogP contribution in [0.2, 0.25) is 0 Å². The molecule has 0 aliphatic heterocycles. The maximum Gasteiger partial charge on any atom is 0.133 e. The fourth-order valence-corrected chi connectivity index (χ4v) is 1.01. The lowest BCUT2D eigenvalue weighted by atomic mass is 9.99. The molecule has 0 N–H and O–H groups in total. The molecule has 8 heavy (non-hydrogen) atoms. The Kier molecular flexibility index (Phi) is 1.73. The predicted octanol–water partition coefficient (Wildman–Crippen LogP) is 1.50. The number of rotatable bonds is 0. The first-order chi connectivity index (χ1) is 3.79. The highest BCUT2D eigenvalue weighted by atomic mass is 32.1. The summed E-state index contributed by atoms with van der Waals surface area (Å²) in [6.45, 7) is 0. The van der Waals surface area contributed by atoms with Crippen LogP contribution in [0.3, 0.4) is 0 Å². The zero-order valence-corrected chi connectivity index (χ0v) is 5.46. The largest absolute Gasteiger partial charge is 0.300 e. The maximum atomic E-state index is 10.5. The molecule has 0 aromatic carbocycles. The minimum atomic E-state index is 0.374.